The molecule has 0 aliphatic carbocycles. The van der Waals surface area contributed by atoms with Crippen molar-refractivity contribution in [2.75, 3.05) is 50.5 Å². The molecule has 1 aliphatic heterocycles. The summed E-state index contributed by atoms with van der Waals surface area (Å²) in [5.74, 6) is -0.505. The molecular weight excluding hydrogens is 366 g/mol. The van der Waals surface area contributed by atoms with Gasteiger partial charge in [0, 0.05) is 43.4 Å². The summed E-state index contributed by atoms with van der Waals surface area (Å²) in [6.07, 6.45) is 6.26. The number of carbonyl (C=O) groups excluding carboxylic acids is 2. The quantitative estimate of drug-likeness (QED) is 0.672. The average Bonchev–Trinajstić information content (AvgIpc) is 3.26. The molecule has 2 amide bonds. The lowest BCUT2D eigenvalue weighted by atomic mass is 10.1. The van der Waals surface area contributed by atoms with Gasteiger partial charge in [-0.05, 0) is 70.2 Å². The van der Waals surface area contributed by atoms with Crippen LogP contribution >= 0.6 is 0 Å². The molecule has 0 unspecified atom stereocenters. The molecule has 2 N–H and O–H groups in total. The smallest absolute Gasteiger partial charge is 0.257 e. The summed E-state index contributed by atoms with van der Waals surface area (Å²) >= 11 is 0. The third-order valence-electron chi connectivity index (χ3n) is 4.93. The molecule has 1 saturated heterocycles. The lowest BCUT2D eigenvalue weighted by Crippen LogP contribution is -2.27. The van der Waals surface area contributed by atoms with E-state index in [2.05, 4.69) is 25.4 Å². The monoisotopic (exact) mass is 395 g/mol. The Kier molecular flexibility index (Phi) is 7.19. The van der Waals surface area contributed by atoms with Gasteiger partial charge in [-0.1, -0.05) is 0 Å². The van der Waals surface area contributed by atoms with Crippen LogP contribution in [0.1, 0.15) is 40.0 Å². The second-order valence-electron chi connectivity index (χ2n) is 7.57. The molecule has 2 heterocycles. The van der Waals surface area contributed by atoms with Crippen LogP contribution in [0.2, 0.25) is 0 Å². The van der Waals surface area contributed by atoms with Crippen LogP contribution in [0.3, 0.4) is 0 Å². The van der Waals surface area contributed by atoms with E-state index >= 15 is 0 Å². The van der Waals surface area contributed by atoms with Gasteiger partial charge in [-0.25, -0.2) is 0 Å². The van der Waals surface area contributed by atoms with Gasteiger partial charge >= 0.3 is 0 Å². The topological polar surface area (TPSA) is 77.6 Å². The summed E-state index contributed by atoms with van der Waals surface area (Å²) in [7, 11) is 3.99. The van der Waals surface area contributed by atoms with Crippen molar-refractivity contribution in [3.63, 3.8) is 0 Å². The zero-order valence-electron chi connectivity index (χ0n) is 17.1. The zero-order chi connectivity index (χ0) is 20.6. The first-order valence-electron chi connectivity index (χ1n) is 10.1. The minimum atomic E-state index is -0.284. The van der Waals surface area contributed by atoms with Crippen LogP contribution in [0.4, 0.5) is 11.4 Å². The Bertz CT molecular complexity index is 829. The highest BCUT2D eigenvalue weighted by Gasteiger charge is 2.14. The Morgan fingerprint density at radius 1 is 1.03 bits per heavy atom. The normalized spacial score (nSPS) is 13.6. The highest BCUT2D eigenvalue weighted by molar-refractivity contribution is 6.05. The summed E-state index contributed by atoms with van der Waals surface area (Å²) in [5, 5.41) is 5.73. The first-order chi connectivity index (χ1) is 14.0. The summed E-state index contributed by atoms with van der Waals surface area (Å²) in [4.78, 5) is 33.3. The van der Waals surface area contributed by atoms with Crippen LogP contribution in [-0.4, -0.2) is 62.0 Å². The molecule has 1 aromatic carbocycles. The standard InChI is InChI=1S/C22H29N5O2/c1-26(2)11-5-10-24-21(28)17-14-18(16-23-15-17)22(29)25-19-6-8-20(9-7-19)27-12-3-4-13-27/h6-9,14-16H,3-5,10-13H2,1-2H3,(H,24,28)(H,25,29). The van der Waals surface area contributed by atoms with Crippen LogP contribution in [0.25, 0.3) is 0 Å². The van der Waals surface area contributed by atoms with Gasteiger partial charge in [0.2, 0.25) is 0 Å². The second kappa shape index (κ2) is 10.0. The molecular formula is C22H29N5O2. The summed E-state index contributed by atoms with van der Waals surface area (Å²) in [6, 6.07) is 9.43. The van der Waals surface area contributed by atoms with Crippen LogP contribution in [0, 0.1) is 0 Å². The van der Waals surface area contributed by atoms with Gasteiger partial charge in [0.05, 0.1) is 11.1 Å². The van der Waals surface area contributed by atoms with Crippen LogP contribution in [-0.2, 0) is 0 Å². The second-order valence-corrected chi connectivity index (χ2v) is 7.57. The zero-order valence-corrected chi connectivity index (χ0v) is 17.1. The number of hydrogen-bond acceptors (Lipinski definition) is 5. The Hall–Kier alpha value is -2.93. The molecule has 0 spiro atoms. The van der Waals surface area contributed by atoms with Crippen LogP contribution in [0.5, 0.6) is 0 Å². The van der Waals surface area contributed by atoms with Gasteiger partial charge in [0.15, 0.2) is 0 Å². The van der Waals surface area contributed by atoms with E-state index < -0.39 is 0 Å². The fraction of sp³-hybridized carbons (Fsp3) is 0.409. The van der Waals surface area contributed by atoms with E-state index in [1.54, 1.807) is 6.07 Å². The molecule has 3 rings (SSSR count). The first kappa shape index (κ1) is 20.8. The SMILES string of the molecule is CN(C)CCCNC(=O)c1cncc(C(=O)Nc2ccc(N3CCCC3)cc2)c1. The third kappa shape index (κ3) is 6.02. The summed E-state index contributed by atoms with van der Waals surface area (Å²) in [5.41, 5.74) is 2.63. The highest BCUT2D eigenvalue weighted by Crippen LogP contribution is 2.22. The number of pyridine rings is 1. The maximum atomic E-state index is 12.6. The molecule has 1 aliphatic rings. The highest BCUT2D eigenvalue weighted by atomic mass is 16.2. The van der Waals surface area contributed by atoms with Crippen molar-refractivity contribution in [2.45, 2.75) is 19.3 Å². The molecule has 0 bridgehead atoms. The number of carbonyl (C=O) groups is 2. The van der Waals surface area contributed by atoms with Gasteiger partial charge in [0.25, 0.3) is 11.8 Å². The molecule has 2 aromatic rings. The number of nitrogens with one attached hydrogen (secondary N) is 2. The van der Waals surface area contributed by atoms with Crippen LogP contribution in [0.15, 0.2) is 42.7 Å². The predicted molar refractivity (Wildman–Crippen MR) is 116 cm³/mol. The summed E-state index contributed by atoms with van der Waals surface area (Å²) < 4.78 is 0. The van der Waals surface area contributed by atoms with Crippen molar-refractivity contribution in [2.24, 2.45) is 0 Å². The number of hydrogen-bond donors (Lipinski definition) is 2. The number of amides is 2. The van der Waals surface area contributed by atoms with Gasteiger partial charge in [0.1, 0.15) is 0 Å². The maximum Gasteiger partial charge on any atom is 0.257 e. The fourth-order valence-electron chi connectivity index (χ4n) is 3.32. The van der Waals surface area contributed by atoms with Crippen molar-refractivity contribution in [1.29, 1.82) is 0 Å². The van der Waals surface area contributed by atoms with E-state index in [4.69, 9.17) is 0 Å². The molecule has 29 heavy (non-hydrogen) atoms. The van der Waals surface area contributed by atoms with Crippen molar-refractivity contribution >= 4 is 23.2 Å². The molecule has 1 aromatic heterocycles. The molecule has 7 heteroatoms. The molecule has 0 radical (unpaired) electrons. The predicted octanol–water partition coefficient (Wildman–Crippen LogP) is 2.62. The molecule has 0 saturated carbocycles. The van der Waals surface area contributed by atoms with E-state index in [1.807, 2.05) is 38.4 Å². The van der Waals surface area contributed by atoms with Gasteiger partial charge in [-0.15, -0.1) is 0 Å². The Labute approximate surface area is 172 Å². The van der Waals surface area contributed by atoms with Crippen molar-refractivity contribution < 1.29 is 9.59 Å². The van der Waals surface area contributed by atoms with E-state index in [9.17, 15) is 9.59 Å². The number of aromatic nitrogens is 1. The first-order valence-corrected chi connectivity index (χ1v) is 10.1. The molecule has 154 valence electrons. The molecule has 0 atom stereocenters. The lowest BCUT2D eigenvalue weighted by Gasteiger charge is -2.17. The Morgan fingerprint density at radius 3 is 2.34 bits per heavy atom. The Morgan fingerprint density at radius 2 is 1.69 bits per heavy atom. The largest absolute Gasteiger partial charge is 0.372 e. The van der Waals surface area contributed by atoms with Gasteiger partial charge < -0.3 is 20.4 Å². The Balaban J connectivity index is 1.56. The van der Waals surface area contributed by atoms with E-state index in [-0.39, 0.29) is 11.8 Å². The van der Waals surface area contributed by atoms with E-state index in [0.29, 0.717) is 17.7 Å². The van der Waals surface area contributed by atoms with E-state index in [1.165, 1.54) is 30.9 Å². The van der Waals surface area contributed by atoms with Crippen molar-refractivity contribution in [3.05, 3.63) is 53.9 Å². The number of anilines is 2. The number of benzene rings is 1. The molecule has 7 nitrogen and oxygen atoms in total. The maximum absolute atomic E-state index is 12.6. The van der Waals surface area contributed by atoms with Crippen LogP contribution < -0.4 is 15.5 Å². The third-order valence-corrected chi connectivity index (χ3v) is 4.93. The van der Waals surface area contributed by atoms with E-state index in [0.717, 1.165) is 31.7 Å². The summed E-state index contributed by atoms with van der Waals surface area (Å²) in [6.45, 7) is 3.65. The minimum absolute atomic E-state index is 0.221. The van der Waals surface area contributed by atoms with Gasteiger partial charge in [-0.3, -0.25) is 14.6 Å². The fourth-order valence-corrected chi connectivity index (χ4v) is 3.32. The van der Waals surface area contributed by atoms with Crippen molar-refractivity contribution in [3.8, 4) is 0 Å². The molecule has 1 fully saturated rings. The lowest BCUT2D eigenvalue weighted by molar-refractivity contribution is 0.0952. The van der Waals surface area contributed by atoms with Crippen molar-refractivity contribution in [1.82, 2.24) is 15.2 Å². The van der Waals surface area contributed by atoms with Gasteiger partial charge in [-0.2, -0.15) is 0 Å². The average molecular weight is 396 g/mol. The minimum Gasteiger partial charge on any atom is -0.372 e. The number of nitrogens with zero attached hydrogens (tertiary/aromatic N) is 3. The number of rotatable bonds is 8.